The SMILES string of the molecule is O=C(NCc1ccccc1F)c1ccc(N2CCCc3ccccc32)s1. The molecule has 2 aromatic carbocycles. The van der Waals surface area contributed by atoms with Crippen LogP contribution < -0.4 is 10.2 Å². The first-order chi connectivity index (χ1) is 12.7. The number of nitrogens with one attached hydrogen (secondary N) is 1. The van der Waals surface area contributed by atoms with E-state index in [0.717, 1.165) is 24.4 Å². The van der Waals surface area contributed by atoms with Crippen LogP contribution in [0.2, 0.25) is 0 Å². The van der Waals surface area contributed by atoms with Gasteiger partial charge in [0.15, 0.2) is 0 Å². The van der Waals surface area contributed by atoms with Crippen molar-refractivity contribution in [2.75, 3.05) is 11.4 Å². The Bertz CT molecular complexity index is 937. The Morgan fingerprint density at radius 1 is 1.08 bits per heavy atom. The molecule has 0 fully saturated rings. The zero-order valence-corrected chi connectivity index (χ0v) is 15.1. The molecule has 0 atom stereocenters. The third kappa shape index (κ3) is 3.35. The first-order valence-corrected chi connectivity index (χ1v) is 9.51. The summed E-state index contributed by atoms with van der Waals surface area (Å²) in [6, 6.07) is 18.7. The van der Waals surface area contributed by atoms with Crippen molar-refractivity contribution in [2.45, 2.75) is 19.4 Å². The van der Waals surface area contributed by atoms with E-state index in [9.17, 15) is 9.18 Å². The van der Waals surface area contributed by atoms with Gasteiger partial charge in [-0.05, 0) is 42.7 Å². The van der Waals surface area contributed by atoms with Gasteiger partial charge < -0.3 is 10.2 Å². The largest absolute Gasteiger partial charge is 0.347 e. The van der Waals surface area contributed by atoms with Crippen LogP contribution in [0, 0.1) is 5.82 Å². The number of hydrogen-bond donors (Lipinski definition) is 1. The van der Waals surface area contributed by atoms with E-state index in [-0.39, 0.29) is 18.3 Å². The Morgan fingerprint density at radius 3 is 2.77 bits per heavy atom. The third-order valence-corrected chi connectivity index (χ3v) is 5.70. The maximum atomic E-state index is 13.7. The van der Waals surface area contributed by atoms with Crippen molar-refractivity contribution in [3.63, 3.8) is 0 Å². The minimum Gasteiger partial charge on any atom is -0.347 e. The molecule has 1 aromatic heterocycles. The average Bonchev–Trinajstić information content (AvgIpc) is 3.17. The Labute approximate surface area is 156 Å². The van der Waals surface area contributed by atoms with E-state index in [1.807, 2.05) is 18.2 Å². The normalized spacial score (nSPS) is 13.3. The molecule has 132 valence electrons. The number of hydrogen-bond acceptors (Lipinski definition) is 3. The van der Waals surface area contributed by atoms with E-state index in [1.165, 1.54) is 28.7 Å². The van der Waals surface area contributed by atoms with Crippen LogP contribution in [0.3, 0.4) is 0 Å². The summed E-state index contributed by atoms with van der Waals surface area (Å²) in [5, 5.41) is 3.87. The summed E-state index contributed by atoms with van der Waals surface area (Å²) < 4.78 is 13.7. The van der Waals surface area contributed by atoms with E-state index in [1.54, 1.807) is 18.2 Å². The van der Waals surface area contributed by atoms with Crippen molar-refractivity contribution in [3.05, 3.63) is 82.5 Å². The molecule has 4 rings (SSSR count). The van der Waals surface area contributed by atoms with Crippen molar-refractivity contribution in [1.29, 1.82) is 0 Å². The second kappa shape index (κ2) is 7.30. The van der Waals surface area contributed by atoms with Crippen LogP contribution in [0.5, 0.6) is 0 Å². The van der Waals surface area contributed by atoms with Gasteiger partial charge in [0.1, 0.15) is 5.82 Å². The highest BCUT2D eigenvalue weighted by Crippen LogP contribution is 2.37. The molecular weight excluding hydrogens is 347 g/mol. The van der Waals surface area contributed by atoms with Gasteiger partial charge in [-0.15, -0.1) is 11.3 Å². The molecule has 3 nitrogen and oxygen atoms in total. The summed E-state index contributed by atoms with van der Waals surface area (Å²) >= 11 is 1.47. The smallest absolute Gasteiger partial charge is 0.261 e. The Balaban J connectivity index is 1.48. The number of amides is 1. The fourth-order valence-electron chi connectivity index (χ4n) is 3.26. The highest BCUT2D eigenvalue weighted by molar-refractivity contribution is 7.18. The lowest BCUT2D eigenvalue weighted by molar-refractivity contribution is 0.0954. The lowest BCUT2D eigenvalue weighted by atomic mass is 10.0. The van der Waals surface area contributed by atoms with Crippen LogP contribution >= 0.6 is 11.3 Å². The fraction of sp³-hybridized carbons (Fsp3) is 0.190. The van der Waals surface area contributed by atoms with Crippen molar-refractivity contribution in [1.82, 2.24) is 5.32 Å². The fourth-order valence-corrected chi connectivity index (χ4v) is 4.22. The molecule has 1 aliphatic rings. The molecule has 0 bridgehead atoms. The van der Waals surface area contributed by atoms with E-state index in [2.05, 4.69) is 28.4 Å². The monoisotopic (exact) mass is 366 g/mol. The minimum absolute atomic E-state index is 0.171. The van der Waals surface area contributed by atoms with Crippen molar-refractivity contribution < 1.29 is 9.18 Å². The lowest BCUT2D eigenvalue weighted by Crippen LogP contribution is -2.23. The first kappa shape index (κ1) is 16.8. The minimum atomic E-state index is -0.301. The molecule has 0 aliphatic carbocycles. The summed E-state index contributed by atoms with van der Waals surface area (Å²) in [6.07, 6.45) is 2.19. The zero-order valence-electron chi connectivity index (χ0n) is 14.2. The highest BCUT2D eigenvalue weighted by atomic mass is 32.1. The number of benzene rings is 2. The number of fused-ring (bicyclic) bond motifs is 1. The van der Waals surface area contributed by atoms with Gasteiger partial charge in [0.25, 0.3) is 5.91 Å². The van der Waals surface area contributed by atoms with E-state index >= 15 is 0 Å². The summed E-state index contributed by atoms with van der Waals surface area (Å²) in [4.78, 5) is 15.3. The van der Waals surface area contributed by atoms with Gasteiger partial charge in [0.2, 0.25) is 0 Å². The number of aryl methyl sites for hydroxylation is 1. The number of carbonyl (C=O) groups is 1. The lowest BCUT2D eigenvalue weighted by Gasteiger charge is -2.30. The predicted octanol–water partition coefficient (Wildman–Crippen LogP) is 4.90. The van der Waals surface area contributed by atoms with Crippen LogP contribution in [0.1, 0.15) is 27.2 Å². The van der Waals surface area contributed by atoms with Crippen LogP contribution in [0.15, 0.2) is 60.7 Å². The zero-order chi connectivity index (χ0) is 17.9. The number of anilines is 2. The van der Waals surface area contributed by atoms with Gasteiger partial charge in [0.05, 0.1) is 9.88 Å². The molecule has 1 amide bonds. The van der Waals surface area contributed by atoms with E-state index in [4.69, 9.17) is 0 Å². The number of thiophene rings is 1. The third-order valence-electron chi connectivity index (χ3n) is 4.59. The van der Waals surface area contributed by atoms with Crippen molar-refractivity contribution in [3.8, 4) is 0 Å². The number of halogens is 1. The quantitative estimate of drug-likeness (QED) is 0.712. The highest BCUT2D eigenvalue weighted by Gasteiger charge is 2.20. The molecule has 0 saturated heterocycles. The van der Waals surface area contributed by atoms with Crippen molar-refractivity contribution >= 4 is 27.9 Å². The maximum absolute atomic E-state index is 13.7. The number of rotatable bonds is 4. The van der Waals surface area contributed by atoms with E-state index in [0.29, 0.717) is 10.4 Å². The standard InChI is InChI=1S/C21H19FN2OS/c22-17-9-3-1-7-16(17)14-23-21(25)19-11-12-20(26-19)24-13-5-8-15-6-2-4-10-18(15)24/h1-4,6-7,9-12H,5,8,13-14H2,(H,23,25). The molecule has 0 spiro atoms. The summed E-state index contributed by atoms with van der Waals surface area (Å²) in [7, 11) is 0. The molecule has 5 heteroatoms. The first-order valence-electron chi connectivity index (χ1n) is 8.69. The van der Waals surface area contributed by atoms with Gasteiger partial charge in [-0.3, -0.25) is 4.79 Å². The average molecular weight is 366 g/mol. The second-order valence-electron chi connectivity index (χ2n) is 6.30. The van der Waals surface area contributed by atoms with Gasteiger partial charge >= 0.3 is 0 Å². The molecule has 0 radical (unpaired) electrons. The Hall–Kier alpha value is -2.66. The predicted molar refractivity (Wildman–Crippen MR) is 104 cm³/mol. The molecular formula is C21H19FN2OS. The summed E-state index contributed by atoms with van der Waals surface area (Å²) in [6.45, 7) is 1.14. The van der Waals surface area contributed by atoms with Crippen LogP contribution in [0.4, 0.5) is 15.1 Å². The van der Waals surface area contributed by atoms with Crippen LogP contribution in [-0.2, 0) is 13.0 Å². The molecule has 26 heavy (non-hydrogen) atoms. The van der Waals surface area contributed by atoms with E-state index < -0.39 is 0 Å². The summed E-state index contributed by atoms with van der Waals surface area (Å²) in [5.74, 6) is -0.473. The molecule has 0 saturated carbocycles. The van der Waals surface area contributed by atoms with Gasteiger partial charge in [-0.1, -0.05) is 36.4 Å². The number of carbonyl (C=O) groups excluding carboxylic acids is 1. The van der Waals surface area contributed by atoms with Crippen LogP contribution in [0.25, 0.3) is 0 Å². The summed E-state index contributed by atoms with van der Waals surface area (Å²) in [5.41, 5.74) is 3.05. The van der Waals surface area contributed by atoms with Crippen LogP contribution in [-0.4, -0.2) is 12.5 Å². The molecule has 1 N–H and O–H groups in total. The molecule has 1 aliphatic heterocycles. The number of para-hydroxylation sites is 1. The molecule has 3 aromatic rings. The Morgan fingerprint density at radius 2 is 1.88 bits per heavy atom. The molecule has 2 heterocycles. The van der Waals surface area contributed by atoms with Gasteiger partial charge in [0, 0.05) is 24.3 Å². The number of nitrogens with zero attached hydrogens (tertiary/aromatic N) is 1. The topological polar surface area (TPSA) is 32.3 Å². The van der Waals surface area contributed by atoms with Gasteiger partial charge in [-0.25, -0.2) is 4.39 Å². The van der Waals surface area contributed by atoms with Crippen molar-refractivity contribution in [2.24, 2.45) is 0 Å². The van der Waals surface area contributed by atoms with Gasteiger partial charge in [-0.2, -0.15) is 0 Å². The Kier molecular flexibility index (Phi) is 4.71. The maximum Gasteiger partial charge on any atom is 0.261 e. The second-order valence-corrected chi connectivity index (χ2v) is 7.36. The molecule has 0 unspecified atom stereocenters.